The van der Waals surface area contributed by atoms with Crippen LogP contribution < -0.4 is 5.73 Å². The van der Waals surface area contributed by atoms with E-state index in [0.717, 1.165) is 12.8 Å². The smallest absolute Gasteiger partial charge is 0.129 e. The van der Waals surface area contributed by atoms with Crippen molar-refractivity contribution in [2.75, 3.05) is 6.54 Å². The van der Waals surface area contributed by atoms with Crippen molar-refractivity contribution in [3.05, 3.63) is 0 Å². The third-order valence-electron chi connectivity index (χ3n) is 0.983. The van der Waals surface area contributed by atoms with Gasteiger partial charge in [0.05, 0.1) is 0 Å². The standard InChI is InChI=1S/C6H13NO.2C2H6/c1-6(8)4-2-3-5-7;2*1-2/h2-5,7H2,1H3;2*1-2H3. The molecular weight excluding hydrogens is 150 g/mol. The molecule has 0 bridgehead atoms. The van der Waals surface area contributed by atoms with Gasteiger partial charge in [-0.25, -0.2) is 0 Å². The SMILES string of the molecule is CC.CC.CC(=O)CCCCN. The summed E-state index contributed by atoms with van der Waals surface area (Å²) >= 11 is 0. The van der Waals surface area contributed by atoms with Crippen molar-refractivity contribution >= 4 is 5.78 Å². The topological polar surface area (TPSA) is 43.1 Å². The number of rotatable bonds is 4. The number of hydrogen-bond acceptors (Lipinski definition) is 2. The molecule has 0 aliphatic heterocycles. The normalized spacial score (nSPS) is 7.17. The van der Waals surface area contributed by atoms with Crippen LogP contribution in [0.5, 0.6) is 0 Å². The van der Waals surface area contributed by atoms with E-state index in [2.05, 4.69) is 0 Å². The van der Waals surface area contributed by atoms with Crippen LogP contribution in [0.3, 0.4) is 0 Å². The fourth-order valence-corrected chi connectivity index (χ4v) is 0.518. The molecule has 0 aliphatic rings. The minimum Gasteiger partial charge on any atom is -0.330 e. The number of carbonyl (C=O) groups is 1. The molecule has 12 heavy (non-hydrogen) atoms. The maximum absolute atomic E-state index is 10.3. The first kappa shape index (κ1) is 17.6. The monoisotopic (exact) mass is 175 g/mol. The molecule has 0 saturated carbocycles. The molecule has 0 spiro atoms. The van der Waals surface area contributed by atoms with Crippen molar-refractivity contribution in [2.45, 2.75) is 53.9 Å². The number of Topliss-reactive ketones (excluding diaryl/α,β-unsaturated/α-hetero) is 1. The Hall–Kier alpha value is -0.370. The van der Waals surface area contributed by atoms with Crippen LogP contribution in [0.4, 0.5) is 0 Å². The lowest BCUT2D eigenvalue weighted by Crippen LogP contribution is -1.99. The van der Waals surface area contributed by atoms with Crippen LogP contribution in [-0.2, 0) is 4.79 Å². The van der Waals surface area contributed by atoms with E-state index in [4.69, 9.17) is 5.73 Å². The molecule has 2 N–H and O–H groups in total. The van der Waals surface area contributed by atoms with Crippen molar-refractivity contribution in [3.8, 4) is 0 Å². The molecule has 0 saturated heterocycles. The number of carbonyl (C=O) groups excluding carboxylic acids is 1. The molecule has 2 heteroatoms. The van der Waals surface area contributed by atoms with Gasteiger partial charge in [0, 0.05) is 6.42 Å². The Labute approximate surface area is 77.5 Å². The Kier molecular flexibility index (Phi) is 33.0. The molecule has 76 valence electrons. The van der Waals surface area contributed by atoms with Crippen LogP contribution in [-0.4, -0.2) is 12.3 Å². The van der Waals surface area contributed by atoms with Gasteiger partial charge >= 0.3 is 0 Å². The molecule has 0 heterocycles. The maximum Gasteiger partial charge on any atom is 0.129 e. The van der Waals surface area contributed by atoms with E-state index < -0.39 is 0 Å². The number of nitrogens with two attached hydrogens (primary N) is 1. The van der Waals surface area contributed by atoms with Crippen LogP contribution in [0.15, 0.2) is 0 Å². The lowest BCUT2D eigenvalue weighted by molar-refractivity contribution is -0.117. The summed E-state index contributed by atoms with van der Waals surface area (Å²) in [5.41, 5.74) is 5.20. The molecule has 0 rings (SSSR count). The Morgan fingerprint density at radius 1 is 1.08 bits per heavy atom. The number of ketones is 1. The molecule has 0 fully saturated rings. The summed E-state index contributed by atoms with van der Waals surface area (Å²) in [5.74, 6) is 0.262. The predicted octanol–water partition coefficient (Wildman–Crippen LogP) is 2.76. The third kappa shape index (κ3) is 33.5. The summed E-state index contributed by atoms with van der Waals surface area (Å²) in [6.45, 7) is 10.3. The van der Waals surface area contributed by atoms with Crippen LogP contribution in [0.25, 0.3) is 0 Å². The average Bonchev–Trinajstić information content (AvgIpc) is 2.12. The van der Waals surface area contributed by atoms with Crippen molar-refractivity contribution in [1.29, 1.82) is 0 Å². The molecular formula is C10H25NO. The van der Waals surface area contributed by atoms with Crippen molar-refractivity contribution < 1.29 is 4.79 Å². The van der Waals surface area contributed by atoms with Gasteiger partial charge in [-0.2, -0.15) is 0 Å². The number of hydrogen-bond donors (Lipinski definition) is 1. The lowest BCUT2D eigenvalue weighted by Gasteiger charge is -1.90. The van der Waals surface area contributed by atoms with Gasteiger partial charge < -0.3 is 10.5 Å². The molecule has 0 aliphatic carbocycles. The second kappa shape index (κ2) is 22.4. The van der Waals surface area contributed by atoms with Gasteiger partial charge in [0.15, 0.2) is 0 Å². The molecule has 0 atom stereocenters. The quantitative estimate of drug-likeness (QED) is 0.668. The van der Waals surface area contributed by atoms with Gasteiger partial charge in [-0.05, 0) is 26.3 Å². The highest BCUT2D eigenvalue weighted by molar-refractivity contribution is 5.75. The zero-order valence-corrected chi connectivity index (χ0v) is 9.31. The van der Waals surface area contributed by atoms with Gasteiger partial charge in [0.1, 0.15) is 5.78 Å². The molecule has 0 aromatic carbocycles. The van der Waals surface area contributed by atoms with E-state index in [0.29, 0.717) is 13.0 Å². The van der Waals surface area contributed by atoms with Crippen molar-refractivity contribution in [2.24, 2.45) is 5.73 Å². The summed E-state index contributed by atoms with van der Waals surface area (Å²) < 4.78 is 0. The van der Waals surface area contributed by atoms with Gasteiger partial charge in [-0.15, -0.1) is 0 Å². The molecule has 0 radical (unpaired) electrons. The van der Waals surface area contributed by atoms with Gasteiger partial charge in [-0.1, -0.05) is 27.7 Å². The number of unbranched alkanes of at least 4 members (excludes halogenated alkanes) is 1. The molecule has 0 aromatic heterocycles. The summed E-state index contributed by atoms with van der Waals surface area (Å²) in [7, 11) is 0. The highest BCUT2D eigenvalue weighted by atomic mass is 16.1. The zero-order valence-electron chi connectivity index (χ0n) is 9.31. The van der Waals surface area contributed by atoms with Crippen molar-refractivity contribution in [3.63, 3.8) is 0 Å². The minimum atomic E-state index is 0.262. The average molecular weight is 175 g/mol. The highest BCUT2D eigenvalue weighted by Crippen LogP contribution is 1.92. The third-order valence-corrected chi connectivity index (χ3v) is 0.983. The second-order valence-electron chi connectivity index (χ2n) is 1.95. The summed E-state index contributed by atoms with van der Waals surface area (Å²) in [5, 5.41) is 0. The van der Waals surface area contributed by atoms with Crippen LogP contribution >= 0.6 is 0 Å². The predicted molar refractivity (Wildman–Crippen MR) is 56.3 cm³/mol. The van der Waals surface area contributed by atoms with Crippen LogP contribution in [0.2, 0.25) is 0 Å². The summed E-state index contributed by atoms with van der Waals surface area (Å²) in [6, 6.07) is 0. The first-order chi connectivity index (χ1) is 5.77. The van der Waals surface area contributed by atoms with Crippen LogP contribution in [0.1, 0.15) is 53.9 Å². The second-order valence-corrected chi connectivity index (χ2v) is 1.95. The van der Waals surface area contributed by atoms with Gasteiger partial charge in [0.2, 0.25) is 0 Å². The van der Waals surface area contributed by atoms with E-state index in [1.165, 1.54) is 0 Å². The molecule has 0 amide bonds. The Bertz CT molecular complexity index is 72.2. The Morgan fingerprint density at radius 2 is 1.50 bits per heavy atom. The van der Waals surface area contributed by atoms with E-state index >= 15 is 0 Å². The van der Waals surface area contributed by atoms with Crippen molar-refractivity contribution in [1.82, 2.24) is 0 Å². The maximum atomic E-state index is 10.3. The van der Waals surface area contributed by atoms with E-state index in [-0.39, 0.29) is 5.78 Å². The Morgan fingerprint density at radius 3 is 1.75 bits per heavy atom. The summed E-state index contributed by atoms with van der Waals surface area (Å²) in [4.78, 5) is 10.3. The van der Waals surface area contributed by atoms with E-state index in [1.54, 1.807) is 6.92 Å². The molecule has 0 aromatic rings. The first-order valence-electron chi connectivity index (χ1n) is 4.97. The van der Waals surface area contributed by atoms with Gasteiger partial charge in [0.25, 0.3) is 0 Å². The molecule has 2 nitrogen and oxygen atoms in total. The van der Waals surface area contributed by atoms with Crippen LogP contribution in [0, 0.1) is 0 Å². The van der Waals surface area contributed by atoms with Gasteiger partial charge in [-0.3, -0.25) is 0 Å². The fraction of sp³-hybridized carbons (Fsp3) is 0.900. The molecule has 0 unspecified atom stereocenters. The van der Waals surface area contributed by atoms with E-state index in [1.807, 2.05) is 27.7 Å². The highest BCUT2D eigenvalue weighted by Gasteiger charge is 1.89. The van der Waals surface area contributed by atoms with E-state index in [9.17, 15) is 4.79 Å². The Balaban J connectivity index is -0.000000175. The summed E-state index contributed by atoms with van der Waals surface area (Å²) in [6.07, 6.45) is 2.61. The zero-order chi connectivity index (χ0) is 10.4. The largest absolute Gasteiger partial charge is 0.330 e. The minimum absolute atomic E-state index is 0.262. The lowest BCUT2D eigenvalue weighted by atomic mass is 10.2. The fourth-order valence-electron chi connectivity index (χ4n) is 0.518. The first-order valence-corrected chi connectivity index (χ1v) is 4.97.